The summed E-state index contributed by atoms with van der Waals surface area (Å²) in [5.74, 6) is 0.542. The van der Waals surface area contributed by atoms with E-state index in [1.54, 1.807) is 0 Å². The molecule has 5 nitrogen and oxygen atoms in total. The highest BCUT2D eigenvalue weighted by atomic mass is 16.6. The van der Waals surface area contributed by atoms with Gasteiger partial charge in [0.2, 0.25) is 0 Å². The van der Waals surface area contributed by atoms with Crippen LogP contribution in [-0.4, -0.2) is 35.4 Å². The van der Waals surface area contributed by atoms with Crippen molar-refractivity contribution in [1.82, 2.24) is 0 Å². The summed E-state index contributed by atoms with van der Waals surface area (Å²) in [4.78, 5) is 25.2. The molecule has 1 aromatic rings. The number of ether oxygens (including phenoxy) is 2. The van der Waals surface area contributed by atoms with Gasteiger partial charge in [-0.2, -0.15) is 0 Å². The summed E-state index contributed by atoms with van der Waals surface area (Å²) in [7, 11) is 0. The van der Waals surface area contributed by atoms with Crippen molar-refractivity contribution in [3.63, 3.8) is 0 Å². The van der Waals surface area contributed by atoms with Crippen molar-refractivity contribution in [1.29, 1.82) is 0 Å². The molecule has 1 N–H and O–H groups in total. The van der Waals surface area contributed by atoms with Gasteiger partial charge in [0, 0.05) is 12.3 Å². The van der Waals surface area contributed by atoms with Gasteiger partial charge in [0.15, 0.2) is 0 Å². The number of allylic oxidation sites excluding steroid dienone is 3. The molecule has 0 unspecified atom stereocenters. The third-order valence-electron chi connectivity index (χ3n) is 7.92. The highest BCUT2D eigenvalue weighted by Crippen LogP contribution is 2.45. The number of benzene rings is 1. The number of fused-ring (bicyclic) bond motifs is 1. The van der Waals surface area contributed by atoms with Crippen LogP contribution in [0.4, 0.5) is 0 Å². The van der Waals surface area contributed by atoms with Crippen molar-refractivity contribution in [2.24, 2.45) is 23.7 Å². The third-order valence-corrected chi connectivity index (χ3v) is 7.92. The normalized spacial score (nSPS) is 33.5. The Morgan fingerprint density at radius 1 is 1.15 bits per heavy atom. The lowest BCUT2D eigenvalue weighted by Crippen LogP contribution is -2.44. The molecule has 0 radical (unpaired) electrons. The minimum Gasteiger partial charge on any atom is -0.462 e. The van der Waals surface area contributed by atoms with Crippen molar-refractivity contribution < 1.29 is 24.2 Å². The third kappa shape index (κ3) is 5.30. The SMILES string of the molecule is C[C@H]1C=C2C=C[C@H](C)[C@H](CC[C@@H]3C[C@@H](O)CC(=O)O3)[C@H]2[C@@H](OC(=O)C(C)(C)c2ccccc2)C1. The second-order valence-corrected chi connectivity index (χ2v) is 11.0. The van der Waals surface area contributed by atoms with Crippen molar-refractivity contribution in [3.8, 4) is 0 Å². The first-order valence-corrected chi connectivity index (χ1v) is 12.7. The summed E-state index contributed by atoms with van der Waals surface area (Å²) >= 11 is 0. The van der Waals surface area contributed by atoms with Crippen LogP contribution >= 0.6 is 0 Å². The van der Waals surface area contributed by atoms with E-state index >= 15 is 0 Å². The molecule has 2 aliphatic carbocycles. The molecule has 0 amide bonds. The fourth-order valence-electron chi connectivity index (χ4n) is 5.90. The van der Waals surface area contributed by atoms with Crippen LogP contribution in [0.5, 0.6) is 0 Å². The van der Waals surface area contributed by atoms with Crippen LogP contribution < -0.4 is 0 Å². The van der Waals surface area contributed by atoms with Crippen molar-refractivity contribution in [2.75, 3.05) is 0 Å². The number of cyclic esters (lactones) is 1. The second kappa shape index (κ2) is 10.1. The Balaban J connectivity index is 1.52. The first kappa shape index (κ1) is 24.7. The average molecular weight is 467 g/mol. The quantitative estimate of drug-likeness (QED) is 0.589. The molecule has 184 valence electrons. The van der Waals surface area contributed by atoms with E-state index < -0.39 is 11.5 Å². The minimum atomic E-state index is -0.732. The molecule has 1 fully saturated rings. The molecule has 3 aliphatic rings. The van der Waals surface area contributed by atoms with Crippen LogP contribution in [0.2, 0.25) is 0 Å². The maximum absolute atomic E-state index is 13.4. The van der Waals surface area contributed by atoms with E-state index in [0.29, 0.717) is 24.7 Å². The van der Waals surface area contributed by atoms with E-state index in [1.165, 1.54) is 5.57 Å². The Morgan fingerprint density at radius 3 is 2.59 bits per heavy atom. The maximum atomic E-state index is 13.4. The van der Waals surface area contributed by atoms with Crippen molar-refractivity contribution in [2.45, 2.75) is 83.5 Å². The minimum absolute atomic E-state index is 0.0850. The summed E-state index contributed by atoms with van der Waals surface area (Å²) in [5, 5.41) is 9.99. The summed E-state index contributed by atoms with van der Waals surface area (Å²) in [6.07, 6.45) is 8.66. The Bertz CT molecular complexity index is 947. The van der Waals surface area contributed by atoms with E-state index in [-0.39, 0.29) is 42.4 Å². The average Bonchev–Trinajstić information content (AvgIpc) is 2.78. The van der Waals surface area contributed by atoms with Gasteiger partial charge in [-0.1, -0.05) is 62.4 Å². The van der Waals surface area contributed by atoms with Crippen LogP contribution in [0, 0.1) is 23.7 Å². The van der Waals surface area contributed by atoms with Gasteiger partial charge in [-0.15, -0.1) is 0 Å². The number of aliphatic hydroxyl groups is 1. The lowest BCUT2D eigenvalue weighted by molar-refractivity contribution is -0.163. The Kier molecular flexibility index (Phi) is 7.32. The number of carbonyl (C=O) groups excluding carboxylic acids is 2. The van der Waals surface area contributed by atoms with Gasteiger partial charge in [-0.05, 0) is 62.0 Å². The summed E-state index contributed by atoms with van der Waals surface area (Å²) < 4.78 is 11.8. The summed E-state index contributed by atoms with van der Waals surface area (Å²) in [5.41, 5.74) is 1.47. The van der Waals surface area contributed by atoms with Crippen LogP contribution in [0.25, 0.3) is 0 Å². The van der Waals surface area contributed by atoms with Crippen LogP contribution in [0.3, 0.4) is 0 Å². The van der Waals surface area contributed by atoms with E-state index in [1.807, 2.05) is 44.2 Å². The maximum Gasteiger partial charge on any atom is 0.316 e. The number of hydrogen-bond acceptors (Lipinski definition) is 5. The first-order chi connectivity index (χ1) is 16.1. The molecule has 1 aromatic carbocycles. The standard InChI is InChI=1S/C29H38O5/c1-18-14-20-11-10-19(2)24(13-12-23-16-22(30)17-26(31)33-23)27(20)25(15-18)34-28(32)29(3,4)21-8-6-5-7-9-21/h5-11,14,18-19,22-25,27,30H,12-13,15-17H2,1-4H3/t18-,19-,22+,23+,24-,25-,27-/m0/s1. The lowest BCUT2D eigenvalue weighted by Gasteiger charge is -2.44. The molecule has 1 saturated heterocycles. The van der Waals surface area contributed by atoms with E-state index in [0.717, 1.165) is 18.4 Å². The molecule has 34 heavy (non-hydrogen) atoms. The number of carbonyl (C=O) groups is 2. The molecular formula is C29H38O5. The first-order valence-electron chi connectivity index (χ1n) is 12.7. The summed E-state index contributed by atoms with van der Waals surface area (Å²) in [6, 6.07) is 9.81. The zero-order chi connectivity index (χ0) is 24.5. The molecule has 0 aromatic heterocycles. The van der Waals surface area contributed by atoms with Gasteiger partial charge in [-0.3, -0.25) is 9.59 Å². The zero-order valence-electron chi connectivity index (χ0n) is 20.8. The van der Waals surface area contributed by atoms with Gasteiger partial charge in [0.25, 0.3) is 0 Å². The Labute approximate surface area is 203 Å². The van der Waals surface area contributed by atoms with Gasteiger partial charge < -0.3 is 14.6 Å². The molecule has 5 heteroatoms. The number of aliphatic hydroxyl groups excluding tert-OH is 1. The molecule has 0 spiro atoms. The molecule has 4 rings (SSSR count). The van der Waals surface area contributed by atoms with Gasteiger partial charge in [0.05, 0.1) is 17.9 Å². The predicted molar refractivity (Wildman–Crippen MR) is 131 cm³/mol. The highest BCUT2D eigenvalue weighted by Gasteiger charge is 2.43. The lowest BCUT2D eigenvalue weighted by atomic mass is 9.65. The molecule has 0 bridgehead atoms. The fourth-order valence-corrected chi connectivity index (χ4v) is 5.90. The van der Waals surface area contributed by atoms with Crippen LogP contribution in [0.1, 0.15) is 65.4 Å². The Morgan fingerprint density at radius 2 is 1.88 bits per heavy atom. The van der Waals surface area contributed by atoms with Gasteiger partial charge in [0.1, 0.15) is 12.2 Å². The molecule has 1 aliphatic heterocycles. The van der Waals surface area contributed by atoms with Crippen LogP contribution in [0.15, 0.2) is 54.1 Å². The molecular weight excluding hydrogens is 428 g/mol. The van der Waals surface area contributed by atoms with Crippen molar-refractivity contribution >= 4 is 11.9 Å². The topological polar surface area (TPSA) is 72.8 Å². The van der Waals surface area contributed by atoms with E-state index in [9.17, 15) is 14.7 Å². The Hall–Kier alpha value is -2.40. The molecule has 0 saturated carbocycles. The number of hydrogen-bond donors (Lipinski definition) is 1. The van der Waals surface area contributed by atoms with Crippen molar-refractivity contribution in [3.05, 3.63) is 59.7 Å². The van der Waals surface area contributed by atoms with Gasteiger partial charge >= 0.3 is 11.9 Å². The number of rotatable bonds is 6. The van der Waals surface area contributed by atoms with Crippen LogP contribution in [-0.2, 0) is 24.5 Å². The molecule has 1 heterocycles. The summed E-state index contributed by atoms with van der Waals surface area (Å²) in [6.45, 7) is 8.25. The van der Waals surface area contributed by atoms with Gasteiger partial charge in [-0.25, -0.2) is 0 Å². The van der Waals surface area contributed by atoms with E-state index in [4.69, 9.17) is 9.47 Å². The second-order valence-electron chi connectivity index (χ2n) is 11.0. The van der Waals surface area contributed by atoms with E-state index in [2.05, 4.69) is 32.1 Å². The highest BCUT2D eigenvalue weighted by molar-refractivity contribution is 5.82. The zero-order valence-corrected chi connectivity index (χ0v) is 20.8. The predicted octanol–water partition coefficient (Wildman–Crippen LogP) is 5.13. The number of esters is 2. The molecule has 7 atom stereocenters. The monoisotopic (exact) mass is 466 g/mol. The largest absolute Gasteiger partial charge is 0.462 e. The smallest absolute Gasteiger partial charge is 0.316 e. The fraction of sp³-hybridized carbons (Fsp3) is 0.586.